The number of nitrogens with zero attached hydrogens (tertiary/aromatic N) is 2. The maximum Gasteiger partial charge on any atom is 0.252 e. The second-order valence-corrected chi connectivity index (χ2v) is 11.8. The van der Waals surface area contributed by atoms with E-state index in [1.54, 1.807) is 0 Å². The molecule has 0 aliphatic carbocycles. The van der Waals surface area contributed by atoms with E-state index in [4.69, 9.17) is 33.2 Å². The number of hydrogen-bond acceptors (Lipinski definition) is 4. The SMILES string of the molecule is O=C(NCCCCCCNC(=O)c1cc(-c2ccccc2Cl)nc2ccccc12)c1cc(-c2ccccc2Cl)nc2ccccc12. The van der Waals surface area contributed by atoms with Crippen LogP contribution in [-0.4, -0.2) is 34.9 Å². The number of halogens is 2. The maximum atomic E-state index is 13.3. The smallest absolute Gasteiger partial charge is 0.252 e. The lowest BCUT2D eigenvalue weighted by Crippen LogP contribution is -2.25. The van der Waals surface area contributed by atoms with E-state index in [1.165, 1.54) is 0 Å². The minimum absolute atomic E-state index is 0.139. The molecule has 0 radical (unpaired) electrons. The topological polar surface area (TPSA) is 84.0 Å². The molecule has 0 bridgehead atoms. The quantitative estimate of drug-likeness (QED) is 0.137. The molecular formula is C38H32Cl2N4O2. The number of rotatable bonds is 11. The molecule has 2 aromatic heterocycles. The number of carbonyl (C=O) groups is 2. The molecule has 8 heteroatoms. The molecule has 2 heterocycles. The molecule has 2 N–H and O–H groups in total. The van der Waals surface area contributed by atoms with E-state index in [-0.39, 0.29) is 11.8 Å². The molecule has 230 valence electrons. The third-order valence-electron chi connectivity index (χ3n) is 7.90. The Hall–Kier alpha value is -4.78. The second kappa shape index (κ2) is 14.5. The van der Waals surface area contributed by atoms with Crippen molar-refractivity contribution < 1.29 is 9.59 Å². The van der Waals surface area contributed by atoms with Gasteiger partial charge in [0.25, 0.3) is 11.8 Å². The molecule has 46 heavy (non-hydrogen) atoms. The summed E-state index contributed by atoms with van der Waals surface area (Å²) in [6.45, 7) is 1.11. The summed E-state index contributed by atoms with van der Waals surface area (Å²) in [5.41, 5.74) is 5.53. The summed E-state index contributed by atoms with van der Waals surface area (Å²) in [7, 11) is 0. The summed E-state index contributed by atoms with van der Waals surface area (Å²) in [6, 6.07) is 33.9. The number of hydrogen-bond donors (Lipinski definition) is 2. The molecule has 4 aromatic carbocycles. The van der Waals surface area contributed by atoms with E-state index < -0.39 is 0 Å². The maximum absolute atomic E-state index is 13.3. The van der Waals surface area contributed by atoms with Crippen molar-refractivity contribution in [3.8, 4) is 22.5 Å². The van der Waals surface area contributed by atoms with Crippen LogP contribution in [0.1, 0.15) is 46.4 Å². The Bertz CT molecular complexity index is 1900. The lowest BCUT2D eigenvalue weighted by atomic mass is 10.0. The molecule has 0 spiro atoms. The van der Waals surface area contributed by atoms with E-state index in [2.05, 4.69) is 10.6 Å². The van der Waals surface area contributed by atoms with Crippen molar-refractivity contribution in [3.05, 3.63) is 130 Å². The number of fused-ring (bicyclic) bond motifs is 2. The largest absolute Gasteiger partial charge is 0.352 e. The van der Waals surface area contributed by atoms with Crippen LogP contribution in [0.3, 0.4) is 0 Å². The summed E-state index contributed by atoms with van der Waals surface area (Å²) < 4.78 is 0. The van der Waals surface area contributed by atoms with Crippen molar-refractivity contribution in [1.29, 1.82) is 0 Å². The van der Waals surface area contributed by atoms with Crippen molar-refractivity contribution in [1.82, 2.24) is 20.6 Å². The highest BCUT2D eigenvalue weighted by molar-refractivity contribution is 6.33. The average Bonchev–Trinajstić information content (AvgIpc) is 3.08. The predicted molar refractivity (Wildman–Crippen MR) is 188 cm³/mol. The first-order valence-corrected chi connectivity index (χ1v) is 16.1. The van der Waals surface area contributed by atoms with Gasteiger partial charge < -0.3 is 10.6 Å². The molecule has 6 aromatic rings. The van der Waals surface area contributed by atoms with E-state index in [0.717, 1.165) is 58.6 Å². The van der Waals surface area contributed by atoms with Gasteiger partial charge in [-0.3, -0.25) is 9.59 Å². The zero-order valence-electron chi connectivity index (χ0n) is 25.1. The summed E-state index contributed by atoms with van der Waals surface area (Å²) in [5, 5.41) is 8.91. The molecule has 0 aliphatic heterocycles. The Balaban J connectivity index is 1.01. The monoisotopic (exact) mass is 646 g/mol. The van der Waals surface area contributed by atoms with Crippen molar-refractivity contribution in [2.24, 2.45) is 0 Å². The van der Waals surface area contributed by atoms with Gasteiger partial charge in [-0.25, -0.2) is 9.97 Å². The van der Waals surface area contributed by atoms with Crippen molar-refractivity contribution in [3.63, 3.8) is 0 Å². The van der Waals surface area contributed by atoms with Crippen LogP contribution in [0.15, 0.2) is 109 Å². The van der Waals surface area contributed by atoms with Gasteiger partial charge in [0.1, 0.15) is 0 Å². The highest BCUT2D eigenvalue weighted by atomic mass is 35.5. The Kier molecular flexibility index (Phi) is 9.87. The number of carbonyl (C=O) groups excluding carboxylic acids is 2. The van der Waals surface area contributed by atoms with Crippen LogP contribution < -0.4 is 10.6 Å². The predicted octanol–water partition coefficient (Wildman–Crippen LogP) is 9.14. The molecule has 0 unspecified atom stereocenters. The highest BCUT2D eigenvalue weighted by Crippen LogP contribution is 2.31. The van der Waals surface area contributed by atoms with Gasteiger partial charge in [0, 0.05) is 45.0 Å². The summed E-state index contributed by atoms with van der Waals surface area (Å²) >= 11 is 12.9. The Morgan fingerprint density at radius 2 is 0.913 bits per heavy atom. The van der Waals surface area contributed by atoms with Crippen LogP contribution >= 0.6 is 23.2 Å². The first kappa shape index (κ1) is 31.2. The number of benzene rings is 4. The first-order valence-electron chi connectivity index (χ1n) is 15.4. The number of pyridine rings is 2. The molecular weight excluding hydrogens is 615 g/mol. The highest BCUT2D eigenvalue weighted by Gasteiger charge is 2.16. The molecule has 0 fully saturated rings. The number of unbranched alkanes of at least 4 members (excludes halogenated alkanes) is 3. The van der Waals surface area contributed by atoms with Crippen LogP contribution in [0.5, 0.6) is 0 Å². The summed E-state index contributed by atoms with van der Waals surface area (Å²) in [4.78, 5) is 36.0. The Labute approximate surface area is 277 Å². The fraction of sp³-hybridized carbons (Fsp3) is 0.158. The fourth-order valence-corrected chi connectivity index (χ4v) is 6.00. The number of para-hydroxylation sites is 2. The lowest BCUT2D eigenvalue weighted by molar-refractivity contribution is 0.0945. The minimum atomic E-state index is -0.139. The standard InChI is InChI=1S/C38H32Cl2N4O2/c39-31-17-7-3-15-27(31)35-23-29(25-13-5-9-19-33(25)43-35)37(45)41-21-11-1-2-12-22-42-38(46)30-24-36(28-16-4-8-18-32(28)40)44-34-20-10-6-14-26(30)34/h3-10,13-20,23-24H,1-2,11-12,21-22H2,(H,41,45)(H,42,46). The van der Waals surface area contributed by atoms with Crippen LogP contribution in [0.25, 0.3) is 44.3 Å². The van der Waals surface area contributed by atoms with Crippen molar-refractivity contribution in [2.75, 3.05) is 13.1 Å². The molecule has 6 rings (SSSR count). The molecule has 6 nitrogen and oxygen atoms in total. The molecule has 0 saturated heterocycles. The number of aromatic nitrogens is 2. The van der Waals surface area contributed by atoms with Gasteiger partial charge in [0.05, 0.1) is 33.5 Å². The van der Waals surface area contributed by atoms with Gasteiger partial charge in [-0.05, 0) is 49.2 Å². The van der Waals surface area contributed by atoms with E-state index in [9.17, 15) is 9.59 Å². The molecule has 0 saturated carbocycles. The van der Waals surface area contributed by atoms with Gasteiger partial charge >= 0.3 is 0 Å². The van der Waals surface area contributed by atoms with Crippen LogP contribution in [0.4, 0.5) is 0 Å². The van der Waals surface area contributed by atoms with Gasteiger partial charge in [-0.1, -0.05) is 109 Å². The zero-order chi connectivity index (χ0) is 31.9. The van der Waals surface area contributed by atoms with Gasteiger partial charge in [-0.15, -0.1) is 0 Å². The first-order chi connectivity index (χ1) is 22.5. The number of nitrogens with one attached hydrogen (secondary N) is 2. The van der Waals surface area contributed by atoms with Crippen molar-refractivity contribution in [2.45, 2.75) is 25.7 Å². The normalized spacial score (nSPS) is 11.1. The van der Waals surface area contributed by atoms with Crippen LogP contribution in [0.2, 0.25) is 10.0 Å². The van der Waals surface area contributed by atoms with Gasteiger partial charge in [-0.2, -0.15) is 0 Å². The fourth-order valence-electron chi connectivity index (χ4n) is 5.54. The summed E-state index contributed by atoms with van der Waals surface area (Å²) in [5.74, 6) is -0.278. The van der Waals surface area contributed by atoms with Crippen LogP contribution in [0, 0.1) is 0 Å². The van der Waals surface area contributed by atoms with Crippen molar-refractivity contribution >= 4 is 56.8 Å². The Morgan fingerprint density at radius 3 is 1.35 bits per heavy atom. The molecule has 2 amide bonds. The second-order valence-electron chi connectivity index (χ2n) is 11.0. The molecule has 0 atom stereocenters. The average molecular weight is 648 g/mol. The number of amides is 2. The van der Waals surface area contributed by atoms with E-state index in [0.29, 0.717) is 45.6 Å². The zero-order valence-corrected chi connectivity index (χ0v) is 26.6. The third-order valence-corrected chi connectivity index (χ3v) is 8.56. The Morgan fingerprint density at radius 1 is 0.522 bits per heavy atom. The van der Waals surface area contributed by atoms with Gasteiger partial charge in [0.2, 0.25) is 0 Å². The molecule has 0 aliphatic rings. The lowest BCUT2D eigenvalue weighted by Gasteiger charge is -2.12. The van der Waals surface area contributed by atoms with E-state index in [1.807, 2.05) is 109 Å². The van der Waals surface area contributed by atoms with E-state index >= 15 is 0 Å². The van der Waals surface area contributed by atoms with Gasteiger partial charge in [0.15, 0.2) is 0 Å². The summed E-state index contributed by atoms with van der Waals surface area (Å²) in [6.07, 6.45) is 3.51. The minimum Gasteiger partial charge on any atom is -0.352 e. The van der Waals surface area contributed by atoms with Crippen LogP contribution in [-0.2, 0) is 0 Å². The third kappa shape index (κ3) is 7.04.